The van der Waals surface area contributed by atoms with Gasteiger partial charge in [-0.05, 0) is 31.4 Å². The van der Waals surface area contributed by atoms with Crippen molar-refractivity contribution >= 4 is 40.7 Å². The van der Waals surface area contributed by atoms with Crippen LogP contribution in [-0.4, -0.2) is 48.5 Å². The van der Waals surface area contributed by atoms with Gasteiger partial charge >= 0.3 is 0 Å². The van der Waals surface area contributed by atoms with Gasteiger partial charge in [-0.25, -0.2) is 0 Å². The van der Waals surface area contributed by atoms with Gasteiger partial charge < -0.3 is 20.1 Å². The predicted molar refractivity (Wildman–Crippen MR) is 123 cm³/mol. The summed E-state index contributed by atoms with van der Waals surface area (Å²) >= 11 is 0. The van der Waals surface area contributed by atoms with Gasteiger partial charge in [0.1, 0.15) is 11.5 Å². The molecule has 27 heavy (non-hydrogen) atoms. The maximum Gasteiger partial charge on any atom is 0.191 e. The quantitative estimate of drug-likeness (QED) is 0.336. The molecule has 0 spiro atoms. The Bertz CT molecular complexity index is 643. The summed E-state index contributed by atoms with van der Waals surface area (Å²) in [6.07, 6.45) is 4.20. The number of methoxy groups -OCH3 is 2. The molecule has 1 aromatic carbocycles. The van der Waals surface area contributed by atoms with Gasteiger partial charge in [-0.1, -0.05) is 13.3 Å². The van der Waals surface area contributed by atoms with Crippen LogP contribution in [0.3, 0.4) is 0 Å². The molecular weight excluding hydrogens is 477 g/mol. The van der Waals surface area contributed by atoms with Crippen molar-refractivity contribution in [3.05, 3.63) is 23.8 Å². The molecule has 8 heteroatoms. The third kappa shape index (κ3) is 7.14. The van der Waals surface area contributed by atoms with E-state index in [9.17, 15) is 4.21 Å². The third-order valence-corrected chi connectivity index (χ3v) is 6.53. The topological polar surface area (TPSA) is 72.0 Å². The Morgan fingerprint density at radius 1 is 1.30 bits per heavy atom. The minimum absolute atomic E-state index is 0. The minimum atomic E-state index is -0.721. The van der Waals surface area contributed by atoms with Crippen LogP contribution >= 0.6 is 24.0 Å². The first kappa shape index (κ1) is 24.0. The Morgan fingerprint density at radius 2 is 2.07 bits per heavy atom. The molecule has 0 bridgehead atoms. The lowest BCUT2D eigenvalue weighted by atomic mass is 9.95. The number of benzene rings is 1. The molecule has 1 saturated carbocycles. The Balaban J connectivity index is 0.00000364. The van der Waals surface area contributed by atoms with Gasteiger partial charge in [-0.15, -0.1) is 24.0 Å². The van der Waals surface area contributed by atoms with Crippen molar-refractivity contribution in [1.82, 2.24) is 10.6 Å². The molecule has 1 aromatic rings. The Morgan fingerprint density at radius 3 is 2.70 bits per heavy atom. The van der Waals surface area contributed by atoms with E-state index in [1.54, 1.807) is 21.3 Å². The zero-order valence-electron chi connectivity index (χ0n) is 16.6. The number of aliphatic imine (C=N–C) groups is 1. The van der Waals surface area contributed by atoms with Crippen molar-refractivity contribution in [2.45, 2.75) is 50.4 Å². The van der Waals surface area contributed by atoms with E-state index >= 15 is 0 Å². The molecule has 1 fully saturated rings. The Hall–Kier alpha value is -1.03. The predicted octanol–water partition coefficient (Wildman–Crippen LogP) is 3.07. The summed E-state index contributed by atoms with van der Waals surface area (Å²) in [7, 11) is 4.34. The first-order valence-electron chi connectivity index (χ1n) is 9.16. The molecule has 0 aromatic heterocycles. The van der Waals surface area contributed by atoms with Gasteiger partial charge in [0, 0.05) is 53.1 Å². The summed E-state index contributed by atoms with van der Waals surface area (Å²) < 4.78 is 22.8. The van der Waals surface area contributed by atoms with Crippen LogP contribution in [0.4, 0.5) is 0 Å². The SMILES string of the molecule is CCS(=O)C1CCCC(NC(=NC)NCc2ccc(OC)cc2OC)C1.I. The summed E-state index contributed by atoms with van der Waals surface area (Å²) in [4.78, 5) is 4.33. The second kappa shape index (κ2) is 12.4. The fourth-order valence-corrected chi connectivity index (χ4v) is 4.66. The van der Waals surface area contributed by atoms with Crippen molar-refractivity contribution in [1.29, 1.82) is 0 Å². The van der Waals surface area contributed by atoms with Crippen molar-refractivity contribution in [3.63, 3.8) is 0 Å². The highest BCUT2D eigenvalue weighted by Crippen LogP contribution is 2.25. The fraction of sp³-hybridized carbons (Fsp3) is 0.632. The lowest BCUT2D eigenvalue weighted by Crippen LogP contribution is -2.46. The standard InChI is InChI=1S/C19H31N3O3S.HI/c1-5-26(23)17-8-6-7-15(11-17)22-19(20-2)21-13-14-9-10-16(24-3)12-18(14)25-4;/h9-10,12,15,17H,5-8,11,13H2,1-4H3,(H2,20,21,22);1H. The van der Waals surface area contributed by atoms with Crippen molar-refractivity contribution in [2.75, 3.05) is 27.0 Å². The molecule has 154 valence electrons. The normalized spacial score (nSPS) is 21.0. The van der Waals surface area contributed by atoms with E-state index in [0.29, 0.717) is 17.8 Å². The van der Waals surface area contributed by atoms with Gasteiger partial charge in [0.25, 0.3) is 0 Å². The number of hydrogen-bond acceptors (Lipinski definition) is 4. The zero-order chi connectivity index (χ0) is 18.9. The van der Waals surface area contributed by atoms with Gasteiger partial charge in [0.15, 0.2) is 5.96 Å². The van der Waals surface area contributed by atoms with Crippen LogP contribution in [0.2, 0.25) is 0 Å². The van der Waals surface area contributed by atoms with Crippen molar-refractivity contribution < 1.29 is 13.7 Å². The van der Waals surface area contributed by atoms with Crippen LogP contribution in [0.15, 0.2) is 23.2 Å². The molecule has 6 nitrogen and oxygen atoms in total. The average Bonchev–Trinajstić information content (AvgIpc) is 2.70. The second-order valence-electron chi connectivity index (χ2n) is 6.40. The second-order valence-corrected chi connectivity index (χ2v) is 8.41. The number of nitrogens with one attached hydrogen (secondary N) is 2. The van der Waals surface area contributed by atoms with E-state index in [2.05, 4.69) is 15.6 Å². The van der Waals surface area contributed by atoms with Crippen LogP contribution in [-0.2, 0) is 17.3 Å². The first-order valence-corrected chi connectivity index (χ1v) is 10.5. The average molecular weight is 509 g/mol. The lowest BCUT2D eigenvalue weighted by Gasteiger charge is -2.30. The van der Waals surface area contributed by atoms with E-state index in [-0.39, 0.29) is 24.0 Å². The minimum Gasteiger partial charge on any atom is -0.497 e. The molecule has 1 aliphatic rings. The molecule has 2 rings (SSSR count). The van der Waals surface area contributed by atoms with Gasteiger partial charge in [-0.2, -0.15) is 0 Å². The number of ether oxygens (including phenoxy) is 2. The van der Waals surface area contributed by atoms with Gasteiger partial charge in [-0.3, -0.25) is 9.20 Å². The zero-order valence-corrected chi connectivity index (χ0v) is 19.8. The highest BCUT2D eigenvalue weighted by Gasteiger charge is 2.26. The molecule has 2 N–H and O–H groups in total. The fourth-order valence-electron chi connectivity index (χ4n) is 3.32. The molecule has 1 aliphatic carbocycles. The summed E-state index contributed by atoms with van der Waals surface area (Å²) in [5.41, 5.74) is 1.03. The maximum atomic E-state index is 12.1. The van der Waals surface area contributed by atoms with E-state index < -0.39 is 10.8 Å². The third-order valence-electron chi connectivity index (χ3n) is 4.79. The van der Waals surface area contributed by atoms with Crippen LogP contribution in [0, 0.1) is 0 Å². The van der Waals surface area contributed by atoms with Crippen LogP contribution in [0.1, 0.15) is 38.2 Å². The highest BCUT2D eigenvalue weighted by molar-refractivity contribution is 14.0. The molecular formula is C19H32IN3O3S. The van der Waals surface area contributed by atoms with Crippen molar-refractivity contribution in [2.24, 2.45) is 4.99 Å². The summed E-state index contributed by atoms with van der Waals surface area (Å²) in [6.45, 7) is 2.60. The number of guanidine groups is 1. The van der Waals surface area contributed by atoms with Gasteiger partial charge in [0.05, 0.1) is 14.2 Å². The smallest absolute Gasteiger partial charge is 0.191 e. The number of halogens is 1. The van der Waals surface area contributed by atoms with Crippen LogP contribution < -0.4 is 20.1 Å². The van der Waals surface area contributed by atoms with E-state index in [4.69, 9.17) is 9.47 Å². The largest absolute Gasteiger partial charge is 0.497 e. The highest BCUT2D eigenvalue weighted by atomic mass is 127. The molecule has 3 atom stereocenters. The summed E-state index contributed by atoms with van der Waals surface area (Å²) in [5, 5.41) is 7.13. The molecule has 3 unspecified atom stereocenters. The van der Waals surface area contributed by atoms with Gasteiger partial charge in [0.2, 0.25) is 0 Å². The summed E-state index contributed by atoms with van der Waals surface area (Å²) in [5.74, 6) is 3.05. The van der Waals surface area contributed by atoms with Crippen LogP contribution in [0.25, 0.3) is 0 Å². The molecule has 0 saturated heterocycles. The first-order chi connectivity index (χ1) is 12.6. The number of hydrogen-bond donors (Lipinski definition) is 2. The Labute approximate surface area is 182 Å². The Kier molecular flexibility index (Phi) is 11.1. The number of rotatable bonds is 7. The van der Waals surface area contributed by atoms with Crippen molar-refractivity contribution in [3.8, 4) is 11.5 Å². The molecule has 0 radical (unpaired) electrons. The van der Waals surface area contributed by atoms with E-state index in [0.717, 1.165) is 54.5 Å². The maximum absolute atomic E-state index is 12.1. The summed E-state index contributed by atoms with van der Waals surface area (Å²) in [6, 6.07) is 6.09. The molecule has 0 amide bonds. The van der Waals surface area contributed by atoms with E-state index in [1.807, 2.05) is 25.1 Å². The van der Waals surface area contributed by atoms with Crippen LogP contribution in [0.5, 0.6) is 11.5 Å². The lowest BCUT2D eigenvalue weighted by molar-refractivity contribution is 0.390. The molecule has 0 aliphatic heterocycles. The van der Waals surface area contributed by atoms with E-state index in [1.165, 1.54) is 0 Å². The number of nitrogens with zero attached hydrogens (tertiary/aromatic N) is 1. The molecule has 0 heterocycles. The monoisotopic (exact) mass is 509 g/mol.